The van der Waals surface area contributed by atoms with E-state index in [0.29, 0.717) is 0 Å². The SMILES string of the molecule is Cc1oc2c(CC(=O)O)ccc(C)c2c1C. The maximum Gasteiger partial charge on any atom is 0.307 e. The molecular weight excluding hydrogens is 204 g/mol. The zero-order chi connectivity index (χ0) is 11.9. The Labute approximate surface area is 93.7 Å². The van der Waals surface area contributed by atoms with Crippen molar-refractivity contribution in [2.75, 3.05) is 0 Å². The minimum absolute atomic E-state index is 0.00315. The molecule has 0 aliphatic rings. The molecule has 0 radical (unpaired) electrons. The molecule has 3 nitrogen and oxygen atoms in total. The van der Waals surface area contributed by atoms with Gasteiger partial charge in [0.15, 0.2) is 0 Å². The second-order valence-corrected chi connectivity index (χ2v) is 4.10. The Kier molecular flexibility index (Phi) is 2.46. The number of furan rings is 1. The first kappa shape index (κ1) is 10.7. The highest BCUT2D eigenvalue weighted by Gasteiger charge is 2.14. The molecule has 16 heavy (non-hydrogen) atoms. The van der Waals surface area contributed by atoms with Crippen molar-refractivity contribution >= 4 is 16.9 Å². The van der Waals surface area contributed by atoms with Crippen LogP contribution < -0.4 is 0 Å². The zero-order valence-electron chi connectivity index (χ0n) is 9.63. The van der Waals surface area contributed by atoms with Gasteiger partial charge in [-0.05, 0) is 31.9 Å². The summed E-state index contributed by atoms with van der Waals surface area (Å²) in [5.41, 5.74) is 3.68. The fraction of sp³-hybridized carbons (Fsp3) is 0.308. The van der Waals surface area contributed by atoms with Gasteiger partial charge in [0.05, 0.1) is 6.42 Å². The highest BCUT2D eigenvalue weighted by atomic mass is 16.4. The third-order valence-corrected chi connectivity index (χ3v) is 2.95. The number of carboxylic acids is 1. The molecule has 3 heteroatoms. The molecule has 0 aliphatic carbocycles. The molecule has 0 fully saturated rings. The summed E-state index contributed by atoms with van der Waals surface area (Å²) >= 11 is 0. The van der Waals surface area contributed by atoms with E-state index in [-0.39, 0.29) is 6.42 Å². The van der Waals surface area contributed by atoms with Crippen LogP contribution in [0.2, 0.25) is 0 Å². The molecule has 2 rings (SSSR count). The van der Waals surface area contributed by atoms with Gasteiger partial charge in [0.1, 0.15) is 11.3 Å². The highest BCUT2D eigenvalue weighted by Crippen LogP contribution is 2.30. The van der Waals surface area contributed by atoms with E-state index in [1.54, 1.807) is 0 Å². The van der Waals surface area contributed by atoms with Crippen molar-refractivity contribution in [2.24, 2.45) is 0 Å². The fourth-order valence-electron chi connectivity index (χ4n) is 2.01. The van der Waals surface area contributed by atoms with Crippen LogP contribution in [0.1, 0.15) is 22.5 Å². The molecule has 1 heterocycles. The monoisotopic (exact) mass is 218 g/mol. The summed E-state index contributed by atoms with van der Waals surface area (Å²) in [6.45, 7) is 5.91. The second-order valence-electron chi connectivity index (χ2n) is 4.10. The molecule has 1 N–H and O–H groups in total. The Bertz CT molecular complexity index is 564. The lowest BCUT2D eigenvalue weighted by Crippen LogP contribution is -2.00. The summed E-state index contributed by atoms with van der Waals surface area (Å²) in [6, 6.07) is 3.77. The normalized spacial score (nSPS) is 10.9. The quantitative estimate of drug-likeness (QED) is 0.843. The molecule has 0 unspecified atom stereocenters. The van der Waals surface area contributed by atoms with E-state index in [1.807, 2.05) is 32.9 Å². The predicted octanol–water partition coefficient (Wildman–Crippen LogP) is 2.99. The number of aliphatic carboxylic acids is 1. The second kappa shape index (κ2) is 3.67. The number of benzene rings is 1. The van der Waals surface area contributed by atoms with Crippen LogP contribution >= 0.6 is 0 Å². The third-order valence-electron chi connectivity index (χ3n) is 2.95. The van der Waals surface area contributed by atoms with Gasteiger partial charge in [0, 0.05) is 10.9 Å². The van der Waals surface area contributed by atoms with Gasteiger partial charge in [-0.25, -0.2) is 0 Å². The Balaban J connectivity index is 2.74. The molecule has 2 aromatic rings. The van der Waals surface area contributed by atoms with Crippen molar-refractivity contribution in [3.05, 3.63) is 34.6 Å². The van der Waals surface area contributed by atoms with Crippen LogP contribution in [-0.4, -0.2) is 11.1 Å². The van der Waals surface area contributed by atoms with Crippen LogP contribution in [0.15, 0.2) is 16.5 Å². The molecule has 1 aromatic carbocycles. The number of hydrogen-bond donors (Lipinski definition) is 1. The molecule has 0 spiro atoms. The van der Waals surface area contributed by atoms with Crippen molar-refractivity contribution in [3.8, 4) is 0 Å². The largest absolute Gasteiger partial charge is 0.481 e. The van der Waals surface area contributed by atoms with E-state index in [4.69, 9.17) is 9.52 Å². The number of aryl methyl sites for hydroxylation is 3. The van der Waals surface area contributed by atoms with Gasteiger partial charge < -0.3 is 9.52 Å². The third kappa shape index (κ3) is 1.58. The van der Waals surface area contributed by atoms with Crippen LogP contribution in [0.5, 0.6) is 0 Å². The lowest BCUT2D eigenvalue weighted by Gasteiger charge is -2.01. The first-order chi connectivity index (χ1) is 7.50. The summed E-state index contributed by atoms with van der Waals surface area (Å²) in [5.74, 6) is 0.0211. The molecule has 0 saturated heterocycles. The average molecular weight is 218 g/mol. The number of hydrogen-bond acceptors (Lipinski definition) is 2. The molecule has 0 aliphatic heterocycles. The van der Waals surface area contributed by atoms with Crippen molar-refractivity contribution in [1.29, 1.82) is 0 Å². The summed E-state index contributed by atoms with van der Waals surface area (Å²) in [7, 11) is 0. The van der Waals surface area contributed by atoms with Crippen molar-refractivity contribution in [3.63, 3.8) is 0 Å². The zero-order valence-corrected chi connectivity index (χ0v) is 9.63. The minimum atomic E-state index is -0.836. The average Bonchev–Trinajstić information content (AvgIpc) is 2.49. The van der Waals surface area contributed by atoms with Gasteiger partial charge in [-0.2, -0.15) is 0 Å². The van der Waals surface area contributed by atoms with E-state index in [0.717, 1.165) is 33.4 Å². The summed E-state index contributed by atoms with van der Waals surface area (Å²) in [4.78, 5) is 10.7. The standard InChI is InChI=1S/C13H14O3/c1-7-4-5-10(6-11(14)15)13-12(7)8(2)9(3)16-13/h4-5H,6H2,1-3H3,(H,14,15). The molecule has 1 aromatic heterocycles. The van der Waals surface area contributed by atoms with E-state index in [1.165, 1.54) is 0 Å². The van der Waals surface area contributed by atoms with Crippen LogP contribution in [0, 0.1) is 20.8 Å². The number of carbonyl (C=O) groups is 1. The highest BCUT2D eigenvalue weighted by molar-refractivity contribution is 5.90. The Hall–Kier alpha value is -1.77. The Morgan fingerprint density at radius 2 is 2.00 bits per heavy atom. The first-order valence-corrected chi connectivity index (χ1v) is 5.20. The van der Waals surface area contributed by atoms with Crippen molar-refractivity contribution in [1.82, 2.24) is 0 Å². The number of rotatable bonds is 2. The Morgan fingerprint density at radius 3 is 2.62 bits per heavy atom. The summed E-state index contributed by atoms with van der Waals surface area (Å²) < 4.78 is 5.65. The minimum Gasteiger partial charge on any atom is -0.481 e. The van der Waals surface area contributed by atoms with Gasteiger partial charge in [-0.3, -0.25) is 4.79 Å². The summed E-state index contributed by atoms with van der Waals surface area (Å²) in [6.07, 6.45) is 0.00315. The van der Waals surface area contributed by atoms with Crippen LogP contribution in [0.3, 0.4) is 0 Å². The first-order valence-electron chi connectivity index (χ1n) is 5.20. The van der Waals surface area contributed by atoms with Crippen LogP contribution in [-0.2, 0) is 11.2 Å². The lowest BCUT2D eigenvalue weighted by molar-refractivity contribution is -0.136. The van der Waals surface area contributed by atoms with Crippen LogP contribution in [0.4, 0.5) is 0 Å². The van der Waals surface area contributed by atoms with E-state index >= 15 is 0 Å². The van der Waals surface area contributed by atoms with Gasteiger partial charge >= 0.3 is 5.97 Å². The number of carboxylic acid groups (broad SMARTS) is 1. The molecule has 84 valence electrons. The lowest BCUT2D eigenvalue weighted by atomic mass is 10.0. The Morgan fingerprint density at radius 1 is 1.31 bits per heavy atom. The van der Waals surface area contributed by atoms with E-state index in [2.05, 4.69) is 0 Å². The van der Waals surface area contributed by atoms with Crippen molar-refractivity contribution in [2.45, 2.75) is 27.2 Å². The van der Waals surface area contributed by atoms with Crippen LogP contribution in [0.25, 0.3) is 11.0 Å². The molecular formula is C13H14O3. The van der Waals surface area contributed by atoms with Crippen molar-refractivity contribution < 1.29 is 14.3 Å². The molecule has 0 atom stereocenters. The van der Waals surface area contributed by atoms with E-state index in [9.17, 15) is 4.79 Å². The molecule has 0 amide bonds. The van der Waals surface area contributed by atoms with Gasteiger partial charge in [-0.15, -0.1) is 0 Å². The molecule has 0 saturated carbocycles. The molecule has 0 bridgehead atoms. The topological polar surface area (TPSA) is 50.4 Å². The van der Waals surface area contributed by atoms with Gasteiger partial charge in [-0.1, -0.05) is 12.1 Å². The smallest absolute Gasteiger partial charge is 0.307 e. The summed E-state index contributed by atoms with van der Waals surface area (Å²) in [5, 5.41) is 9.88. The maximum absolute atomic E-state index is 10.7. The number of fused-ring (bicyclic) bond motifs is 1. The predicted molar refractivity (Wildman–Crippen MR) is 61.8 cm³/mol. The van der Waals surface area contributed by atoms with E-state index < -0.39 is 5.97 Å². The fourth-order valence-corrected chi connectivity index (χ4v) is 2.01. The maximum atomic E-state index is 10.7. The van der Waals surface area contributed by atoms with Gasteiger partial charge in [0.25, 0.3) is 0 Å². The van der Waals surface area contributed by atoms with Gasteiger partial charge in [0.2, 0.25) is 0 Å².